The second-order valence-electron chi connectivity index (χ2n) is 3.32. The van der Waals surface area contributed by atoms with Crippen LogP contribution in [0.2, 0.25) is 0 Å². The number of rotatable bonds is 1. The first-order valence-corrected chi connectivity index (χ1v) is 4.53. The Morgan fingerprint density at radius 1 is 0.733 bits per heavy atom. The fraction of sp³-hybridized carbons (Fsp3) is 0. The van der Waals surface area contributed by atoms with E-state index in [-0.39, 0.29) is 17.0 Å². The van der Waals surface area contributed by atoms with Crippen molar-refractivity contribution < 1.29 is 22.7 Å². The molecule has 78 valence electrons. The van der Waals surface area contributed by atoms with Crippen LogP contribution < -0.4 is 28.4 Å². The van der Waals surface area contributed by atoms with E-state index in [0.717, 1.165) is 11.4 Å². The van der Waals surface area contributed by atoms with E-state index in [2.05, 4.69) is 17.9 Å². The third-order valence-corrected chi connectivity index (χ3v) is 2.20. The molecule has 5 N–H and O–H groups in total. The van der Waals surface area contributed by atoms with Gasteiger partial charge in [-0.25, -0.2) is 0 Å². The highest BCUT2D eigenvalue weighted by Gasteiger charge is 1.96. The molecule has 0 unspecified atom stereocenters. The van der Waals surface area contributed by atoms with Gasteiger partial charge in [-0.3, -0.25) is 0 Å². The largest absolute Gasteiger partial charge is 1.00 e. The summed E-state index contributed by atoms with van der Waals surface area (Å²) < 4.78 is 0. The smallest absolute Gasteiger partial charge is 0.127 e. The maximum atomic E-state index is 5.62. The Morgan fingerprint density at radius 3 is 1.60 bits per heavy atom. The third kappa shape index (κ3) is 2.81. The maximum Gasteiger partial charge on any atom is 0.127 e. The molecule has 0 aliphatic heterocycles. The van der Waals surface area contributed by atoms with Crippen LogP contribution in [0.15, 0.2) is 48.5 Å². The van der Waals surface area contributed by atoms with Gasteiger partial charge in [-0.15, -0.1) is 0 Å². The molecule has 0 aromatic heterocycles. The van der Waals surface area contributed by atoms with Gasteiger partial charge in [0.25, 0.3) is 0 Å². The number of nitrogens with two attached hydrogens (primary N) is 1. The minimum absolute atomic E-state index is 0. The summed E-state index contributed by atoms with van der Waals surface area (Å²) in [5.41, 5.74) is 13.7. The molecule has 0 amide bonds. The summed E-state index contributed by atoms with van der Waals surface area (Å²) in [5.74, 6) is 0. The van der Waals surface area contributed by atoms with Crippen molar-refractivity contribution in [2.75, 3.05) is 5.73 Å². The molecule has 0 spiro atoms. The molecular weight excluding hydrogens is 252 g/mol. The predicted octanol–water partition coefficient (Wildman–Crippen LogP) is -1.19. The van der Waals surface area contributed by atoms with Gasteiger partial charge in [0, 0.05) is 5.69 Å². The van der Waals surface area contributed by atoms with Gasteiger partial charge in [0.05, 0.1) is 0 Å². The number of nitrogen functional groups attached to an aromatic ring is 1. The number of hydrogen-bond acceptors (Lipinski definition) is 1. The van der Waals surface area contributed by atoms with Crippen molar-refractivity contribution in [3.8, 4) is 11.1 Å². The number of benzene rings is 2. The quantitative estimate of drug-likeness (QED) is 0.626. The molecule has 0 aliphatic carbocycles. The molecule has 0 heterocycles. The van der Waals surface area contributed by atoms with Crippen LogP contribution in [0.4, 0.5) is 11.4 Å². The third-order valence-electron chi connectivity index (χ3n) is 2.20. The first-order valence-electron chi connectivity index (χ1n) is 4.53. The second kappa shape index (κ2) is 4.96. The SMILES string of the molecule is Nc1ccc(-c2ccc([NH3+])cc2)cc1.[Br-]. The van der Waals surface area contributed by atoms with Crippen molar-refractivity contribution in [3.63, 3.8) is 0 Å². The number of anilines is 1. The van der Waals surface area contributed by atoms with Crippen LogP contribution >= 0.6 is 0 Å². The van der Waals surface area contributed by atoms with E-state index in [9.17, 15) is 0 Å². The molecule has 0 atom stereocenters. The average molecular weight is 265 g/mol. The zero-order valence-corrected chi connectivity index (χ0v) is 9.87. The Kier molecular flexibility index (Phi) is 3.88. The lowest BCUT2D eigenvalue weighted by molar-refractivity contribution is -0.254. The van der Waals surface area contributed by atoms with Gasteiger partial charge in [-0.2, -0.15) is 0 Å². The van der Waals surface area contributed by atoms with E-state index in [4.69, 9.17) is 5.73 Å². The summed E-state index contributed by atoms with van der Waals surface area (Å²) in [6.07, 6.45) is 0. The minimum Gasteiger partial charge on any atom is -1.00 e. The maximum absolute atomic E-state index is 5.62. The normalized spacial score (nSPS) is 9.40. The molecule has 3 heteroatoms. The standard InChI is InChI=1S/C12H12N2.BrH/c13-11-5-1-9(2-6-11)10-3-7-12(14)8-4-10;/h1-8H,13-14H2;1H. The molecule has 0 bridgehead atoms. The lowest BCUT2D eigenvalue weighted by atomic mass is 10.1. The van der Waals surface area contributed by atoms with Crippen molar-refractivity contribution in [2.45, 2.75) is 0 Å². The number of hydrogen-bond donors (Lipinski definition) is 2. The van der Waals surface area contributed by atoms with Gasteiger partial charge in [0.2, 0.25) is 0 Å². The molecule has 0 radical (unpaired) electrons. The molecule has 2 rings (SSSR count). The Balaban J connectivity index is 0.00000112. The zero-order chi connectivity index (χ0) is 9.97. The summed E-state index contributed by atoms with van der Waals surface area (Å²) in [5, 5.41) is 0. The van der Waals surface area contributed by atoms with E-state index in [1.807, 2.05) is 36.4 Å². The highest BCUT2D eigenvalue weighted by atomic mass is 79.9. The molecule has 2 aromatic carbocycles. The van der Waals surface area contributed by atoms with Crippen molar-refractivity contribution in [2.24, 2.45) is 0 Å². The molecular formula is C12H13BrN2. The van der Waals surface area contributed by atoms with Gasteiger partial charge < -0.3 is 28.4 Å². The lowest BCUT2D eigenvalue weighted by Gasteiger charge is -2.01. The summed E-state index contributed by atoms with van der Waals surface area (Å²) in [6, 6.07) is 16.0. The molecule has 0 saturated carbocycles. The van der Waals surface area contributed by atoms with Crippen molar-refractivity contribution in [3.05, 3.63) is 48.5 Å². The fourth-order valence-corrected chi connectivity index (χ4v) is 1.37. The second-order valence-corrected chi connectivity index (χ2v) is 3.32. The van der Waals surface area contributed by atoms with Crippen LogP contribution in [0.3, 0.4) is 0 Å². The fourth-order valence-electron chi connectivity index (χ4n) is 1.37. The molecule has 0 fully saturated rings. The molecule has 2 nitrogen and oxygen atoms in total. The van der Waals surface area contributed by atoms with Gasteiger partial charge in [0.1, 0.15) is 5.69 Å². The average Bonchev–Trinajstić information content (AvgIpc) is 2.21. The summed E-state index contributed by atoms with van der Waals surface area (Å²) in [4.78, 5) is 0. The number of halogens is 1. The van der Waals surface area contributed by atoms with Crippen molar-refractivity contribution >= 4 is 11.4 Å². The van der Waals surface area contributed by atoms with Crippen molar-refractivity contribution in [1.82, 2.24) is 0 Å². The Morgan fingerprint density at radius 2 is 1.13 bits per heavy atom. The Bertz CT molecular complexity index is 377. The van der Waals surface area contributed by atoms with Crippen molar-refractivity contribution in [1.29, 1.82) is 0 Å². The summed E-state index contributed by atoms with van der Waals surface area (Å²) in [7, 11) is 0. The van der Waals surface area contributed by atoms with Crippen LogP contribution in [0, 0.1) is 0 Å². The van der Waals surface area contributed by atoms with Gasteiger partial charge >= 0.3 is 0 Å². The highest BCUT2D eigenvalue weighted by Crippen LogP contribution is 2.20. The van der Waals surface area contributed by atoms with Gasteiger partial charge in [-0.05, 0) is 47.5 Å². The molecule has 0 saturated heterocycles. The number of quaternary nitrogens is 1. The first kappa shape index (κ1) is 11.8. The summed E-state index contributed by atoms with van der Waals surface area (Å²) in [6.45, 7) is 0. The van der Waals surface area contributed by atoms with Gasteiger partial charge in [-0.1, -0.05) is 12.1 Å². The van der Waals surface area contributed by atoms with Crippen LogP contribution in [-0.4, -0.2) is 0 Å². The van der Waals surface area contributed by atoms with Gasteiger partial charge in [0.15, 0.2) is 0 Å². The van der Waals surface area contributed by atoms with E-state index >= 15 is 0 Å². The first-order chi connectivity index (χ1) is 6.75. The molecule has 15 heavy (non-hydrogen) atoms. The predicted molar refractivity (Wildman–Crippen MR) is 58.8 cm³/mol. The zero-order valence-electron chi connectivity index (χ0n) is 8.28. The summed E-state index contributed by atoms with van der Waals surface area (Å²) >= 11 is 0. The van der Waals surface area contributed by atoms with E-state index in [1.54, 1.807) is 0 Å². The minimum atomic E-state index is 0. The Hall–Kier alpha value is -1.32. The van der Waals surface area contributed by atoms with Crippen LogP contribution in [0.1, 0.15) is 0 Å². The molecule has 0 aliphatic rings. The van der Waals surface area contributed by atoms with Crippen LogP contribution in [0.25, 0.3) is 11.1 Å². The Labute approximate surface area is 99.7 Å². The van der Waals surface area contributed by atoms with Crippen LogP contribution in [0.5, 0.6) is 0 Å². The van der Waals surface area contributed by atoms with E-state index in [1.165, 1.54) is 11.1 Å². The van der Waals surface area contributed by atoms with Crippen LogP contribution in [-0.2, 0) is 0 Å². The lowest BCUT2D eigenvalue weighted by Crippen LogP contribution is -3.00. The monoisotopic (exact) mass is 264 g/mol. The molecule has 2 aromatic rings. The topological polar surface area (TPSA) is 53.7 Å². The highest BCUT2D eigenvalue weighted by molar-refractivity contribution is 5.66. The van der Waals surface area contributed by atoms with E-state index in [0.29, 0.717) is 0 Å². The van der Waals surface area contributed by atoms with E-state index < -0.39 is 0 Å².